The largest absolute Gasteiger partial charge is 0.384 e. The van der Waals surface area contributed by atoms with Gasteiger partial charge in [0.1, 0.15) is 0 Å². The van der Waals surface area contributed by atoms with Crippen LogP contribution in [0.3, 0.4) is 0 Å². The molecular weight excluding hydrogens is 254 g/mol. The monoisotopic (exact) mass is 275 g/mol. The molecule has 1 aliphatic carbocycles. The maximum atomic E-state index is 9.28. The zero-order valence-electron chi connectivity index (χ0n) is 11.4. The molecule has 1 aromatic carbocycles. The third-order valence-electron chi connectivity index (χ3n) is 3.85. The normalized spacial score (nSPS) is 26.8. The quantitative estimate of drug-likeness (QED) is 0.765. The van der Waals surface area contributed by atoms with Gasteiger partial charge in [-0.1, -0.05) is 30.3 Å². The maximum Gasteiger partial charge on any atom is 0.0667 e. The molecule has 19 heavy (non-hydrogen) atoms. The summed E-state index contributed by atoms with van der Waals surface area (Å²) in [6.07, 6.45) is 3.29. The number of nitrogens with zero attached hydrogens (tertiary/aromatic N) is 1. The lowest BCUT2D eigenvalue weighted by atomic mass is 9.79. The number of rotatable bonds is 5. The molecule has 102 valence electrons. The molecule has 1 aromatic rings. The molecule has 3 atom stereocenters. The van der Waals surface area contributed by atoms with Crippen molar-refractivity contribution in [3.05, 3.63) is 35.9 Å². The molecule has 1 fully saturated rings. The summed E-state index contributed by atoms with van der Waals surface area (Å²) in [5.41, 5.74) is 1.43. The first kappa shape index (κ1) is 14.4. The minimum Gasteiger partial charge on any atom is -0.384 e. The lowest BCUT2D eigenvalue weighted by Gasteiger charge is -2.32. The summed E-state index contributed by atoms with van der Waals surface area (Å²) < 4.78 is 5.11. The average Bonchev–Trinajstić information content (AvgIpc) is 2.48. The Morgan fingerprint density at radius 3 is 2.79 bits per heavy atom. The van der Waals surface area contributed by atoms with E-state index in [1.165, 1.54) is 5.56 Å². The zero-order valence-corrected chi connectivity index (χ0v) is 12.2. The fraction of sp³-hybridized carbons (Fsp3) is 0.562. The first-order chi connectivity index (χ1) is 9.35. The van der Waals surface area contributed by atoms with Crippen LogP contribution in [-0.4, -0.2) is 24.7 Å². The Hall–Kier alpha value is -0.980. The van der Waals surface area contributed by atoms with Crippen LogP contribution in [0.1, 0.15) is 30.7 Å². The van der Waals surface area contributed by atoms with Crippen LogP contribution < -0.4 is 0 Å². The molecule has 1 saturated carbocycles. The number of ether oxygens (including phenoxy) is 1. The summed E-state index contributed by atoms with van der Waals surface area (Å²) in [6.45, 7) is 0.773. The van der Waals surface area contributed by atoms with Gasteiger partial charge in [-0.2, -0.15) is 17.0 Å². The second-order valence-corrected chi connectivity index (χ2v) is 6.41. The summed E-state index contributed by atoms with van der Waals surface area (Å²) in [7, 11) is 1.73. The molecule has 2 nitrogen and oxygen atoms in total. The summed E-state index contributed by atoms with van der Waals surface area (Å²) in [4.78, 5) is 0. The lowest BCUT2D eigenvalue weighted by Crippen LogP contribution is -2.26. The molecule has 0 aliphatic heterocycles. The Morgan fingerprint density at radius 1 is 1.32 bits per heavy atom. The van der Waals surface area contributed by atoms with Gasteiger partial charge in [-0.05, 0) is 30.7 Å². The zero-order chi connectivity index (χ0) is 13.5. The minimum absolute atomic E-state index is 0.210. The van der Waals surface area contributed by atoms with Crippen LogP contribution in [0.2, 0.25) is 0 Å². The number of methoxy groups -OCH3 is 1. The van der Waals surface area contributed by atoms with E-state index in [2.05, 4.69) is 36.4 Å². The van der Waals surface area contributed by atoms with E-state index >= 15 is 0 Å². The average molecular weight is 275 g/mol. The van der Waals surface area contributed by atoms with Crippen molar-refractivity contribution in [1.82, 2.24) is 0 Å². The Kier molecular flexibility index (Phi) is 5.75. The highest BCUT2D eigenvalue weighted by Crippen LogP contribution is 2.40. The smallest absolute Gasteiger partial charge is 0.0667 e. The van der Waals surface area contributed by atoms with E-state index in [0.717, 1.165) is 31.6 Å². The van der Waals surface area contributed by atoms with Crippen LogP contribution in [0, 0.1) is 17.2 Å². The molecule has 0 heterocycles. The summed E-state index contributed by atoms with van der Waals surface area (Å²) >= 11 is 1.91. The van der Waals surface area contributed by atoms with Crippen molar-refractivity contribution in [2.24, 2.45) is 5.92 Å². The second-order valence-electron chi connectivity index (χ2n) is 5.06. The number of hydrogen-bond acceptors (Lipinski definition) is 3. The van der Waals surface area contributed by atoms with Crippen LogP contribution in [0.4, 0.5) is 0 Å². The Balaban J connectivity index is 1.97. The SMILES string of the molecule is COCCSC1CC(c2ccccc2)CCC1C#N. The Bertz CT molecular complexity index is 415. The highest BCUT2D eigenvalue weighted by atomic mass is 32.2. The van der Waals surface area contributed by atoms with Crippen LogP contribution in [-0.2, 0) is 4.74 Å². The number of thioether (sulfide) groups is 1. The van der Waals surface area contributed by atoms with Crippen molar-refractivity contribution in [3.63, 3.8) is 0 Å². The predicted molar refractivity (Wildman–Crippen MR) is 80.3 cm³/mol. The minimum atomic E-state index is 0.210. The highest BCUT2D eigenvalue weighted by molar-refractivity contribution is 7.99. The molecule has 0 aromatic heterocycles. The molecule has 3 heteroatoms. The summed E-state index contributed by atoms with van der Waals surface area (Å²) in [5, 5.41) is 9.74. The standard InChI is InChI=1S/C16H21NOS/c1-18-9-10-19-16-11-14(7-8-15(16)12-17)13-5-3-2-4-6-13/h2-6,14-16H,7-11H2,1H3. The molecule has 1 aliphatic rings. The summed E-state index contributed by atoms with van der Waals surface area (Å²) in [6, 6.07) is 13.2. The lowest BCUT2D eigenvalue weighted by molar-refractivity contribution is 0.218. The van der Waals surface area contributed by atoms with Gasteiger partial charge < -0.3 is 4.74 Å². The predicted octanol–water partition coefficient (Wildman–Crippen LogP) is 3.84. The van der Waals surface area contributed by atoms with Gasteiger partial charge >= 0.3 is 0 Å². The number of hydrogen-bond donors (Lipinski definition) is 0. The molecule has 0 bridgehead atoms. The molecular formula is C16H21NOS. The highest BCUT2D eigenvalue weighted by Gasteiger charge is 2.31. The van der Waals surface area contributed by atoms with Crippen molar-refractivity contribution in [2.45, 2.75) is 30.4 Å². The molecule has 3 unspecified atom stereocenters. The molecule has 0 spiro atoms. The van der Waals surface area contributed by atoms with Crippen molar-refractivity contribution >= 4 is 11.8 Å². The van der Waals surface area contributed by atoms with E-state index in [4.69, 9.17) is 4.74 Å². The number of benzene rings is 1. The van der Waals surface area contributed by atoms with Crippen molar-refractivity contribution in [2.75, 3.05) is 19.5 Å². The molecule has 2 rings (SSSR count). The van der Waals surface area contributed by atoms with E-state index < -0.39 is 0 Å². The second kappa shape index (κ2) is 7.57. The van der Waals surface area contributed by atoms with E-state index in [9.17, 15) is 5.26 Å². The van der Waals surface area contributed by atoms with Gasteiger partial charge in [0.05, 0.1) is 18.6 Å². The van der Waals surface area contributed by atoms with E-state index in [1.54, 1.807) is 7.11 Å². The van der Waals surface area contributed by atoms with E-state index in [1.807, 2.05) is 11.8 Å². The van der Waals surface area contributed by atoms with Crippen LogP contribution in [0.15, 0.2) is 30.3 Å². The Morgan fingerprint density at radius 2 is 2.11 bits per heavy atom. The van der Waals surface area contributed by atoms with E-state index in [-0.39, 0.29) is 5.92 Å². The fourth-order valence-electron chi connectivity index (χ4n) is 2.77. The van der Waals surface area contributed by atoms with Gasteiger partial charge in [0.25, 0.3) is 0 Å². The molecule has 0 amide bonds. The van der Waals surface area contributed by atoms with Gasteiger partial charge in [-0.25, -0.2) is 0 Å². The summed E-state index contributed by atoms with van der Waals surface area (Å²) in [5.74, 6) is 1.81. The fourth-order valence-corrected chi connectivity index (χ4v) is 4.14. The van der Waals surface area contributed by atoms with Gasteiger partial charge in [0, 0.05) is 18.1 Å². The third kappa shape index (κ3) is 3.99. The Labute approximate surface area is 120 Å². The van der Waals surface area contributed by atoms with Crippen LogP contribution >= 0.6 is 11.8 Å². The molecule has 0 radical (unpaired) electrons. The van der Waals surface area contributed by atoms with Gasteiger partial charge in [-0.3, -0.25) is 0 Å². The number of nitriles is 1. The van der Waals surface area contributed by atoms with Gasteiger partial charge in [-0.15, -0.1) is 0 Å². The third-order valence-corrected chi connectivity index (χ3v) is 5.20. The maximum absolute atomic E-state index is 9.28. The van der Waals surface area contributed by atoms with Crippen LogP contribution in [0.5, 0.6) is 0 Å². The first-order valence-corrected chi connectivity index (χ1v) is 7.95. The molecule has 0 saturated heterocycles. The van der Waals surface area contributed by atoms with Gasteiger partial charge in [0.2, 0.25) is 0 Å². The first-order valence-electron chi connectivity index (χ1n) is 6.90. The van der Waals surface area contributed by atoms with Crippen LogP contribution in [0.25, 0.3) is 0 Å². The van der Waals surface area contributed by atoms with Crippen molar-refractivity contribution < 1.29 is 4.74 Å². The van der Waals surface area contributed by atoms with Gasteiger partial charge in [0.15, 0.2) is 0 Å². The molecule has 0 N–H and O–H groups in total. The van der Waals surface area contributed by atoms with Crippen molar-refractivity contribution in [3.8, 4) is 6.07 Å². The van der Waals surface area contributed by atoms with E-state index in [0.29, 0.717) is 11.2 Å². The van der Waals surface area contributed by atoms with Crippen molar-refractivity contribution in [1.29, 1.82) is 5.26 Å². The topological polar surface area (TPSA) is 33.0 Å².